The van der Waals surface area contributed by atoms with Crippen LogP contribution < -0.4 is 0 Å². The summed E-state index contributed by atoms with van der Waals surface area (Å²) in [4.78, 5) is 0. The molecule has 76 valence electrons. The van der Waals surface area contributed by atoms with Crippen LogP contribution in [-0.4, -0.2) is 0 Å². The molecule has 0 nitrogen and oxygen atoms in total. The van der Waals surface area contributed by atoms with Crippen LogP contribution in [0.3, 0.4) is 0 Å². The number of hydrogen-bond acceptors (Lipinski definition) is 0. The third-order valence-corrected chi connectivity index (χ3v) is 2.91. The van der Waals surface area contributed by atoms with Gasteiger partial charge in [0.25, 0.3) is 0 Å². The van der Waals surface area contributed by atoms with Crippen LogP contribution in [-0.2, 0) is 5.33 Å². The molecule has 0 radical (unpaired) electrons. The summed E-state index contributed by atoms with van der Waals surface area (Å²) in [6, 6.07) is 14.7. The van der Waals surface area contributed by atoms with Gasteiger partial charge >= 0.3 is 0 Å². The van der Waals surface area contributed by atoms with Gasteiger partial charge in [-0.25, -0.2) is 4.39 Å². The van der Waals surface area contributed by atoms with Crippen molar-refractivity contribution in [3.63, 3.8) is 0 Å². The fraction of sp³-hybridized carbons (Fsp3) is 0.0769. The predicted molar refractivity (Wildman–Crippen MR) is 64.5 cm³/mol. The highest BCUT2D eigenvalue weighted by atomic mass is 79.9. The first kappa shape index (κ1) is 10.4. The lowest BCUT2D eigenvalue weighted by molar-refractivity contribution is 0.628. The average Bonchev–Trinajstić information content (AvgIpc) is 2.30. The van der Waals surface area contributed by atoms with Crippen molar-refractivity contribution in [3.05, 3.63) is 59.9 Å². The van der Waals surface area contributed by atoms with Crippen LogP contribution in [0.5, 0.6) is 0 Å². The van der Waals surface area contributed by atoms with Crippen molar-refractivity contribution >= 4 is 15.9 Å². The first-order valence-corrected chi connectivity index (χ1v) is 5.82. The Hall–Kier alpha value is -1.15. The van der Waals surface area contributed by atoms with E-state index in [1.54, 1.807) is 12.1 Å². The van der Waals surface area contributed by atoms with Gasteiger partial charge in [0, 0.05) is 5.33 Å². The molecule has 0 atom stereocenters. The fourth-order valence-electron chi connectivity index (χ4n) is 1.48. The lowest BCUT2D eigenvalue weighted by Crippen LogP contribution is -1.81. The van der Waals surface area contributed by atoms with E-state index in [0.29, 0.717) is 0 Å². The number of alkyl halides is 1. The molecular weight excluding hydrogens is 255 g/mol. The number of benzene rings is 2. The van der Waals surface area contributed by atoms with Gasteiger partial charge in [0.15, 0.2) is 0 Å². The molecule has 0 aromatic heterocycles. The maximum atomic E-state index is 12.7. The number of halogens is 2. The minimum Gasteiger partial charge on any atom is -0.207 e. The van der Waals surface area contributed by atoms with E-state index in [9.17, 15) is 4.39 Å². The summed E-state index contributed by atoms with van der Waals surface area (Å²) in [6.07, 6.45) is 0. The molecule has 0 aliphatic rings. The van der Waals surface area contributed by atoms with E-state index in [0.717, 1.165) is 16.5 Å². The van der Waals surface area contributed by atoms with Crippen LogP contribution in [0, 0.1) is 5.82 Å². The number of rotatable bonds is 2. The summed E-state index contributed by atoms with van der Waals surface area (Å²) in [5.74, 6) is -0.199. The van der Waals surface area contributed by atoms with E-state index in [1.807, 2.05) is 12.1 Å². The normalized spacial score (nSPS) is 10.3. The summed E-state index contributed by atoms with van der Waals surface area (Å²) in [5, 5.41) is 0.835. The lowest BCUT2D eigenvalue weighted by atomic mass is 10.0. The Morgan fingerprint density at radius 2 is 1.67 bits per heavy atom. The third-order valence-electron chi connectivity index (χ3n) is 2.26. The standard InChI is InChI=1S/C13H10BrF/c14-9-10-2-1-3-12(8-10)11-4-6-13(15)7-5-11/h1-8H,9H2. The van der Waals surface area contributed by atoms with E-state index in [2.05, 4.69) is 28.1 Å². The first-order chi connectivity index (χ1) is 7.29. The predicted octanol–water partition coefficient (Wildman–Crippen LogP) is 4.39. The van der Waals surface area contributed by atoms with Gasteiger partial charge in [0.1, 0.15) is 5.82 Å². The van der Waals surface area contributed by atoms with Crippen LogP contribution in [0.4, 0.5) is 4.39 Å². The lowest BCUT2D eigenvalue weighted by Gasteiger charge is -2.03. The van der Waals surface area contributed by atoms with Gasteiger partial charge < -0.3 is 0 Å². The zero-order valence-corrected chi connectivity index (χ0v) is 9.67. The van der Waals surface area contributed by atoms with E-state index < -0.39 is 0 Å². The minimum atomic E-state index is -0.199. The van der Waals surface area contributed by atoms with Crippen molar-refractivity contribution in [2.24, 2.45) is 0 Å². The highest BCUT2D eigenvalue weighted by molar-refractivity contribution is 9.08. The van der Waals surface area contributed by atoms with E-state index >= 15 is 0 Å². The smallest absolute Gasteiger partial charge is 0.123 e. The maximum Gasteiger partial charge on any atom is 0.123 e. The highest BCUT2D eigenvalue weighted by Gasteiger charge is 1.98. The largest absolute Gasteiger partial charge is 0.207 e. The Bertz CT molecular complexity index is 448. The van der Waals surface area contributed by atoms with Gasteiger partial charge in [-0.3, -0.25) is 0 Å². The van der Waals surface area contributed by atoms with E-state index in [-0.39, 0.29) is 5.82 Å². The average molecular weight is 265 g/mol. The molecule has 0 bridgehead atoms. The molecule has 0 saturated heterocycles. The van der Waals surface area contributed by atoms with Gasteiger partial charge in [0.2, 0.25) is 0 Å². The van der Waals surface area contributed by atoms with E-state index in [1.165, 1.54) is 17.7 Å². The number of hydrogen-bond donors (Lipinski definition) is 0. The van der Waals surface area contributed by atoms with E-state index in [4.69, 9.17) is 0 Å². The molecule has 0 heterocycles. The van der Waals surface area contributed by atoms with Crippen molar-refractivity contribution < 1.29 is 4.39 Å². The SMILES string of the molecule is Fc1ccc(-c2cccc(CBr)c2)cc1. The highest BCUT2D eigenvalue weighted by Crippen LogP contribution is 2.21. The minimum absolute atomic E-state index is 0.199. The monoisotopic (exact) mass is 264 g/mol. The Morgan fingerprint density at radius 3 is 2.33 bits per heavy atom. The van der Waals surface area contributed by atoms with Crippen molar-refractivity contribution in [2.45, 2.75) is 5.33 Å². The molecule has 15 heavy (non-hydrogen) atoms. The second kappa shape index (κ2) is 4.58. The molecule has 0 aliphatic heterocycles. The fourth-order valence-corrected chi connectivity index (χ4v) is 1.83. The molecule has 0 fully saturated rings. The molecule has 2 aromatic rings. The molecule has 2 heteroatoms. The Labute approximate surface area is 96.9 Å². The topological polar surface area (TPSA) is 0 Å². The van der Waals surface area contributed by atoms with Gasteiger partial charge in [-0.05, 0) is 28.8 Å². The van der Waals surface area contributed by atoms with Crippen LogP contribution in [0.1, 0.15) is 5.56 Å². The molecule has 0 unspecified atom stereocenters. The van der Waals surface area contributed by atoms with Crippen molar-refractivity contribution in [2.75, 3.05) is 0 Å². The molecule has 0 saturated carbocycles. The summed E-state index contributed by atoms with van der Waals surface area (Å²) in [5.41, 5.74) is 3.38. The molecule has 0 N–H and O–H groups in total. The molecule has 0 spiro atoms. The zero-order chi connectivity index (χ0) is 10.7. The molecule has 2 rings (SSSR count). The van der Waals surface area contributed by atoms with Crippen LogP contribution >= 0.6 is 15.9 Å². The summed E-state index contributed by atoms with van der Waals surface area (Å²) in [7, 11) is 0. The summed E-state index contributed by atoms with van der Waals surface area (Å²) in [6.45, 7) is 0. The first-order valence-electron chi connectivity index (χ1n) is 4.70. The molecular formula is C13H10BrF. The maximum absolute atomic E-state index is 12.7. The van der Waals surface area contributed by atoms with Crippen molar-refractivity contribution in [3.8, 4) is 11.1 Å². The van der Waals surface area contributed by atoms with Gasteiger partial charge in [-0.1, -0.05) is 52.3 Å². The van der Waals surface area contributed by atoms with Crippen molar-refractivity contribution in [1.29, 1.82) is 0 Å². The summed E-state index contributed by atoms with van der Waals surface area (Å²) >= 11 is 3.42. The van der Waals surface area contributed by atoms with Crippen LogP contribution in [0.2, 0.25) is 0 Å². The zero-order valence-electron chi connectivity index (χ0n) is 8.08. The van der Waals surface area contributed by atoms with Crippen LogP contribution in [0.15, 0.2) is 48.5 Å². The third kappa shape index (κ3) is 2.45. The van der Waals surface area contributed by atoms with Gasteiger partial charge in [-0.15, -0.1) is 0 Å². The Kier molecular flexibility index (Phi) is 3.17. The second-order valence-electron chi connectivity index (χ2n) is 3.34. The Morgan fingerprint density at radius 1 is 0.933 bits per heavy atom. The molecule has 2 aromatic carbocycles. The quantitative estimate of drug-likeness (QED) is 0.706. The summed E-state index contributed by atoms with van der Waals surface area (Å²) < 4.78 is 12.7. The van der Waals surface area contributed by atoms with Crippen molar-refractivity contribution in [1.82, 2.24) is 0 Å². The molecule has 0 amide bonds. The van der Waals surface area contributed by atoms with Gasteiger partial charge in [0.05, 0.1) is 0 Å². The van der Waals surface area contributed by atoms with Crippen LogP contribution in [0.25, 0.3) is 11.1 Å². The van der Waals surface area contributed by atoms with Gasteiger partial charge in [-0.2, -0.15) is 0 Å². The second-order valence-corrected chi connectivity index (χ2v) is 3.90. The molecule has 0 aliphatic carbocycles. The Balaban J connectivity index is 2.40.